The Balaban J connectivity index is 1.95. The summed E-state index contributed by atoms with van der Waals surface area (Å²) in [5, 5.41) is 3.11. The average Bonchev–Trinajstić information content (AvgIpc) is 2.63. The van der Waals surface area contributed by atoms with Gasteiger partial charge in [0.2, 0.25) is 0 Å². The molecule has 0 spiro atoms. The number of furan rings is 1. The smallest absolute Gasteiger partial charge is 0.169 e. The molecule has 14 heavy (non-hydrogen) atoms. The van der Waals surface area contributed by atoms with Gasteiger partial charge in [0, 0.05) is 6.20 Å². The summed E-state index contributed by atoms with van der Waals surface area (Å²) in [6.07, 6.45) is 3.19. The molecule has 0 saturated heterocycles. The van der Waals surface area contributed by atoms with Crippen molar-refractivity contribution in [2.45, 2.75) is 6.54 Å². The Bertz CT molecular complexity index is 401. The topological polar surface area (TPSA) is 51.0 Å². The molecular weight excluding hydrogens is 246 g/mol. The van der Waals surface area contributed by atoms with Crippen molar-refractivity contribution in [1.29, 1.82) is 0 Å². The lowest BCUT2D eigenvalue weighted by molar-refractivity contribution is 0.495. The third-order valence-electron chi connectivity index (χ3n) is 1.65. The minimum atomic E-state index is 0.614. The highest BCUT2D eigenvalue weighted by molar-refractivity contribution is 9.10. The van der Waals surface area contributed by atoms with Gasteiger partial charge in [-0.15, -0.1) is 0 Å². The van der Waals surface area contributed by atoms with E-state index in [1.54, 1.807) is 12.3 Å². The van der Waals surface area contributed by atoms with Gasteiger partial charge in [-0.2, -0.15) is 0 Å². The summed E-state index contributed by atoms with van der Waals surface area (Å²) in [4.78, 5) is 7.85. The highest BCUT2D eigenvalue weighted by atomic mass is 79.9. The first-order valence-electron chi connectivity index (χ1n) is 4.09. The molecule has 0 fully saturated rings. The van der Waals surface area contributed by atoms with Gasteiger partial charge in [-0.1, -0.05) is 0 Å². The predicted molar refractivity (Wildman–Crippen MR) is 55.8 cm³/mol. The van der Waals surface area contributed by atoms with Gasteiger partial charge in [-0.25, -0.2) is 9.97 Å². The van der Waals surface area contributed by atoms with E-state index >= 15 is 0 Å². The number of aromatic nitrogens is 2. The van der Waals surface area contributed by atoms with Crippen LogP contribution in [-0.4, -0.2) is 9.97 Å². The maximum atomic E-state index is 5.32. The van der Waals surface area contributed by atoms with Crippen molar-refractivity contribution in [1.82, 2.24) is 9.97 Å². The number of hydrogen-bond acceptors (Lipinski definition) is 4. The molecule has 2 aromatic heterocycles. The van der Waals surface area contributed by atoms with Crippen molar-refractivity contribution in [2.24, 2.45) is 0 Å². The summed E-state index contributed by atoms with van der Waals surface area (Å²) < 4.78 is 6.05. The van der Waals surface area contributed by atoms with E-state index in [0.717, 1.165) is 16.2 Å². The third kappa shape index (κ3) is 2.32. The zero-order chi connectivity index (χ0) is 9.80. The van der Waals surface area contributed by atoms with Gasteiger partial charge < -0.3 is 9.73 Å². The molecule has 2 heterocycles. The van der Waals surface area contributed by atoms with Gasteiger partial charge in [-0.05, 0) is 34.1 Å². The van der Waals surface area contributed by atoms with Crippen molar-refractivity contribution in [3.63, 3.8) is 0 Å². The molecule has 0 aromatic carbocycles. The molecule has 0 aliphatic rings. The van der Waals surface area contributed by atoms with Crippen LogP contribution in [0.25, 0.3) is 0 Å². The van der Waals surface area contributed by atoms with Gasteiger partial charge in [0.25, 0.3) is 0 Å². The maximum absolute atomic E-state index is 5.32. The standard InChI is InChI=1S/C9H8BrN3O/c10-8-2-1-7(14-8)5-12-9-3-4-11-6-13-9/h1-4,6H,5H2,(H,11,12,13). The monoisotopic (exact) mass is 253 g/mol. The third-order valence-corrected chi connectivity index (χ3v) is 2.08. The molecule has 72 valence electrons. The fourth-order valence-electron chi connectivity index (χ4n) is 1.02. The lowest BCUT2D eigenvalue weighted by atomic mass is 10.4. The Labute approximate surface area is 89.5 Å². The number of anilines is 1. The molecule has 2 rings (SSSR count). The van der Waals surface area contributed by atoms with Crippen molar-refractivity contribution in [3.05, 3.63) is 41.2 Å². The van der Waals surface area contributed by atoms with Crippen molar-refractivity contribution >= 4 is 21.7 Å². The zero-order valence-electron chi connectivity index (χ0n) is 7.27. The van der Waals surface area contributed by atoms with Crippen LogP contribution in [0.15, 0.2) is 39.8 Å². The minimum absolute atomic E-state index is 0.614. The molecule has 0 atom stereocenters. The molecule has 0 unspecified atom stereocenters. The van der Waals surface area contributed by atoms with E-state index in [9.17, 15) is 0 Å². The molecular formula is C9H8BrN3O. The van der Waals surface area contributed by atoms with Crippen LogP contribution in [0.5, 0.6) is 0 Å². The quantitative estimate of drug-likeness (QED) is 0.913. The second-order valence-corrected chi connectivity index (χ2v) is 3.44. The highest BCUT2D eigenvalue weighted by Gasteiger charge is 1.98. The second-order valence-electron chi connectivity index (χ2n) is 2.65. The van der Waals surface area contributed by atoms with Crippen LogP contribution in [0, 0.1) is 0 Å². The van der Waals surface area contributed by atoms with E-state index < -0.39 is 0 Å². The zero-order valence-corrected chi connectivity index (χ0v) is 8.86. The Morgan fingerprint density at radius 3 is 2.93 bits per heavy atom. The van der Waals surface area contributed by atoms with Crippen LogP contribution >= 0.6 is 15.9 Å². The summed E-state index contributed by atoms with van der Waals surface area (Å²) in [5.41, 5.74) is 0. The molecule has 0 aliphatic carbocycles. The Morgan fingerprint density at radius 1 is 1.36 bits per heavy atom. The minimum Gasteiger partial charge on any atom is -0.452 e. The number of halogens is 1. The van der Waals surface area contributed by atoms with E-state index in [1.807, 2.05) is 12.1 Å². The molecule has 0 amide bonds. The summed E-state index contributed by atoms with van der Waals surface area (Å²) in [6, 6.07) is 5.56. The first kappa shape index (κ1) is 9.21. The largest absolute Gasteiger partial charge is 0.452 e. The number of nitrogens with zero attached hydrogens (tertiary/aromatic N) is 2. The lowest BCUT2D eigenvalue weighted by Gasteiger charge is -2.01. The SMILES string of the molecule is Brc1ccc(CNc2ccncn2)o1. The summed E-state index contributed by atoms with van der Waals surface area (Å²) in [7, 11) is 0. The summed E-state index contributed by atoms with van der Waals surface area (Å²) in [6.45, 7) is 0.614. The van der Waals surface area contributed by atoms with E-state index in [-0.39, 0.29) is 0 Å². The van der Waals surface area contributed by atoms with Crippen LogP contribution in [0.3, 0.4) is 0 Å². The number of rotatable bonds is 3. The fourth-order valence-corrected chi connectivity index (χ4v) is 1.36. The lowest BCUT2D eigenvalue weighted by Crippen LogP contribution is -1.99. The predicted octanol–water partition coefficient (Wildman–Crippen LogP) is 2.44. The molecule has 1 N–H and O–H groups in total. The molecule has 0 aliphatic heterocycles. The second kappa shape index (κ2) is 4.23. The summed E-state index contributed by atoms with van der Waals surface area (Å²) in [5.74, 6) is 1.64. The Kier molecular flexibility index (Phi) is 2.78. The molecule has 0 bridgehead atoms. The van der Waals surface area contributed by atoms with E-state index in [0.29, 0.717) is 6.54 Å². The van der Waals surface area contributed by atoms with Crippen LogP contribution in [-0.2, 0) is 6.54 Å². The molecule has 0 saturated carbocycles. The van der Waals surface area contributed by atoms with E-state index in [2.05, 4.69) is 31.2 Å². The van der Waals surface area contributed by atoms with Crippen LogP contribution < -0.4 is 5.32 Å². The van der Waals surface area contributed by atoms with Crippen molar-refractivity contribution in [3.8, 4) is 0 Å². The van der Waals surface area contributed by atoms with Gasteiger partial charge in [0.15, 0.2) is 4.67 Å². The Hall–Kier alpha value is -1.36. The van der Waals surface area contributed by atoms with E-state index in [1.165, 1.54) is 6.33 Å². The van der Waals surface area contributed by atoms with Gasteiger partial charge in [0.1, 0.15) is 17.9 Å². The highest BCUT2D eigenvalue weighted by Crippen LogP contribution is 2.14. The summed E-state index contributed by atoms with van der Waals surface area (Å²) >= 11 is 3.24. The molecule has 0 radical (unpaired) electrons. The molecule has 5 heteroatoms. The normalized spacial score (nSPS) is 10.1. The van der Waals surface area contributed by atoms with Gasteiger partial charge >= 0.3 is 0 Å². The van der Waals surface area contributed by atoms with Crippen LogP contribution in [0.2, 0.25) is 0 Å². The Morgan fingerprint density at radius 2 is 2.29 bits per heavy atom. The van der Waals surface area contributed by atoms with Gasteiger partial charge in [0.05, 0.1) is 6.54 Å². The van der Waals surface area contributed by atoms with Crippen molar-refractivity contribution in [2.75, 3.05) is 5.32 Å². The van der Waals surface area contributed by atoms with E-state index in [4.69, 9.17) is 4.42 Å². The van der Waals surface area contributed by atoms with Gasteiger partial charge in [-0.3, -0.25) is 0 Å². The average molecular weight is 254 g/mol. The first-order chi connectivity index (χ1) is 6.84. The number of nitrogens with one attached hydrogen (secondary N) is 1. The molecule has 2 aromatic rings. The fraction of sp³-hybridized carbons (Fsp3) is 0.111. The molecule has 4 nitrogen and oxygen atoms in total. The maximum Gasteiger partial charge on any atom is 0.169 e. The number of hydrogen-bond donors (Lipinski definition) is 1. The first-order valence-corrected chi connectivity index (χ1v) is 4.88. The van der Waals surface area contributed by atoms with Crippen LogP contribution in [0.1, 0.15) is 5.76 Å². The van der Waals surface area contributed by atoms with Crippen LogP contribution in [0.4, 0.5) is 5.82 Å². The van der Waals surface area contributed by atoms with Crippen molar-refractivity contribution < 1.29 is 4.42 Å².